The number of sulfone groups is 1. The fraction of sp³-hybridized carbons (Fsp3) is 1.00. The first kappa shape index (κ1) is 12.9. The van der Waals surface area contributed by atoms with Gasteiger partial charge in [-0.2, -0.15) is 0 Å². The Morgan fingerprint density at radius 3 is 2.15 bits per heavy atom. The lowest BCUT2D eigenvalue weighted by Crippen LogP contribution is -2.24. The molecule has 1 unspecified atom stereocenters. The molecule has 0 saturated heterocycles. The summed E-state index contributed by atoms with van der Waals surface area (Å²) in [6.07, 6.45) is 3.25. The van der Waals surface area contributed by atoms with Gasteiger partial charge in [-0.25, -0.2) is 8.42 Å². The van der Waals surface area contributed by atoms with E-state index in [0.717, 1.165) is 12.8 Å². The fourth-order valence-corrected chi connectivity index (χ4v) is 2.75. The predicted molar refractivity (Wildman–Crippen MR) is 56.4 cm³/mol. The van der Waals surface area contributed by atoms with E-state index in [1.165, 1.54) is 0 Å². The summed E-state index contributed by atoms with van der Waals surface area (Å²) in [5, 5.41) is 0. The molecule has 0 aliphatic heterocycles. The minimum Gasteiger partial charge on any atom is -0.328 e. The molecule has 0 bridgehead atoms. The van der Waals surface area contributed by atoms with Crippen LogP contribution in [0, 0.1) is 0 Å². The van der Waals surface area contributed by atoms with Gasteiger partial charge in [-0.15, -0.1) is 0 Å². The summed E-state index contributed by atoms with van der Waals surface area (Å²) < 4.78 is 22.6. The van der Waals surface area contributed by atoms with Crippen LogP contribution in [0.15, 0.2) is 0 Å². The molecule has 2 N–H and O–H groups in total. The van der Waals surface area contributed by atoms with Crippen LogP contribution in [0.4, 0.5) is 0 Å². The van der Waals surface area contributed by atoms with Gasteiger partial charge in [-0.1, -0.05) is 20.3 Å². The smallest absolute Gasteiger partial charge is 0.150 e. The number of hydrogen-bond donors (Lipinski definition) is 1. The molecule has 0 radical (unpaired) electrons. The Morgan fingerprint density at radius 1 is 1.08 bits per heavy atom. The van der Waals surface area contributed by atoms with Crippen LogP contribution in [0.1, 0.15) is 39.5 Å². The van der Waals surface area contributed by atoms with Crippen molar-refractivity contribution < 1.29 is 8.42 Å². The molecule has 4 heteroatoms. The van der Waals surface area contributed by atoms with Crippen molar-refractivity contribution in [3.05, 3.63) is 0 Å². The highest BCUT2D eigenvalue weighted by molar-refractivity contribution is 7.91. The third kappa shape index (κ3) is 7.02. The zero-order chi connectivity index (χ0) is 10.3. The van der Waals surface area contributed by atoms with Crippen LogP contribution in [0.3, 0.4) is 0 Å². The molecule has 0 spiro atoms. The molecule has 1 atom stereocenters. The van der Waals surface area contributed by atoms with Crippen molar-refractivity contribution in [1.29, 1.82) is 0 Å². The molecular weight excluding hydrogens is 186 g/mol. The molecule has 0 aliphatic rings. The van der Waals surface area contributed by atoms with Gasteiger partial charge in [0.2, 0.25) is 0 Å². The maximum atomic E-state index is 11.3. The van der Waals surface area contributed by atoms with Gasteiger partial charge in [0.25, 0.3) is 0 Å². The minimum absolute atomic E-state index is 0.0524. The van der Waals surface area contributed by atoms with Gasteiger partial charge in [-0.05, 0) is 19.3 Å². The Kier molecular flexibility index (Phi) is 6.33. The summed E-state index contributed by atoms with van der Waals surface area (Å²) in [4.78, 5) is 0. The Balaban J connectivity index is 3.74. The lowest BCUT2D eigenvalue weighted by molar-refractivity contribution is 0.562. The summed E-state index contributed by atoms with van der Waals surface area (Å²) >= 11 is 0. The maximum Gasteiger partial charge on any atom is 0.150 e. The van der Waals surface area contributed by atoms with Crippen molar-refractivity contribution in [3.63, 3.8) is 0 Å². The summed E-state index contributed by atoms with van der Waals surface area (Å²) in [5.41, 5.74) is 5.72. The standard InChI is InChI=1S/C9H21NO2S/c1-3-5-9(10)6-8-13(11,12)7-4-2/h9H,3-8,10H2,1-2H3. The number of rotatable bonds is 7. The van der Waals surface area contributed by atoms with Gasteiger partial charge < -0.3 is 5.73 Å². The Hall–Kier alpha value is -0.0900. The molecule has 3 nitrogen and oxygen atoms in total. The molecule has 0 aromatic carbocycles. The van der Waals surface area contributed by atoms with Gasteiger partial charge in [0.1, 0.15) is 9.84 Å². The van der Waals surface area contributed by atoms with Gasteiger partial charge in [0, 0.05) is 11.8 Å². The molecule has 0 fully saturated rings. The fourth-order valence-electron chi connectivity index (χ4n) is 1.26. The Morgan fingerprint density at radius 2 is 1.69 bits per heavy atom. The summed E-state index contributed by atoms with van der Waals surface area (Å²) in [5.74, 6) is 0.549. The Bertz CT molecular complexity index is 212. The van der Waals surface area contributed by atoms with Crippen LogP contribution >= 0.6 is 0 Å². The van der Waals surface area contributed by atoms with E-state index in [1.54, 1.807) is 0 Å². The van der Waals surface area contributed by atoms with Gasteiger partial charge in [-0.3, -0.25) is 0 Å². The van der Waals surface area contributed by atoms with Crippen LogP contribution in [-0.2, 0) is 9.84 Å². The van der Waals surface area contributed by atoms with Crippen molar-refractivity contribution >= 4 is 9.84 Å². The van der Waals surface area contributed by atoms with Crippen molar-refractivity contribution in [2.45, 2.75) is 45.6 Å². The van der Waals surface area contributed by atoms with Gasteiger partial charge >= 0.3 is 0 Å². The third-order valence-electron chi connectivity index (χ3n) is 1.97. The predicted octanol–water partition coefficient (Wildman–Crippen LogP) is 1.33. The van der Waals surface area contributed by atoms with Crippen molar-refractivity contribution in [2.75, 3.05) is 11.5 Å². The molecule has 0 aromatic rings. The number of nitrogens with two attached hydrogens (primary N) is 1. The van der Waals surface area contributed by atoms with Crippen LogP contribution in [-0.4, -0.2) is 26.0 Å². The second-order valence-electron chi connectivity index (χ2n) is 3.49. The minimum atomic E-state index is -2.83. The highest BCUT2D eigenvalue weighted by atomic mass is 32.2. The largest absolute Gasteiger partial charge is 0.328 e. The summed E-state index contributed by atoms with van der Waals surface area (Å²) in [6.45, 7) is 3.93. The van der Waals surface area contributed by atoms with Crippen LogP contribution in [0.2, 0.25) is 0 Å². The second-order valence-corrected chi connectivity index (χ2v) is 5.79. The van der Waals surface area contributed by atoms with E-state index in [-0.39, 0.29) is 11.8 Å². The van der Waals surface area contributed by atoms with Crippen LogP contribution in [0.5, 0.6) is 0 Å². The van der Waals surface area contributed by atoms with Gasteiger partial charge in [0.15, 0.2) is 0 Å². The van der Waals surface area contributed by atoms with E-state index in [2.05, 4.69) is 6.92 Å². The summed E-state index contributed by atoms with van der Waals surface area (Å²) in [7, 11) is -2.83. The topological polar surface area (TPSA) is 60.2 Å². The highest BCUT2D eigenvalue weighted by Crippen LogP contribution is 2.03. The average molecular weight is 207 g/mol. The molecule has 0 saturated carbocycles. The first-order valence-electron chi connectivity index (χ1n) is 4.97. The quantitative estimate of drug-likeness (QED) is 0.685. The third-order valence-corrected chi connectivity index (χ3v) is 3.86. The maximum absolute atomic E-state index is 11.3. The van der Waals surface area contributed by atoms with E-state index in [1.807, 2.05) is 6.92 Å². The van der Waals surface area contributed by atoms with E-state index < -0.39 is 9.84 Å². The lowest BCUT2D eigenvalue weighted by Gasteiger charge is -2.09. The molecule has 0 rings (SSSR count). The highest BCUT2D eigenvalue weighted by Gasteiger charge is 2.11. The molecule has 0 aliphatic carbocycles. The van der Waals surface area contributed by atoms with Crippen LogP contribution in [0.25, 0.3) is 0 Å². The van der Waals surface area contributed by atoms with E-state index in [9.17, 15) is 8.42 Å². The zero-order valence-electron chi connectivity index (χ0n) is 8.62. The number of hydrogen-bond acceptors (Lipinski definition) is 3. The Labute approximate surface area is 81.6 Å². The van der Waals surface area contributed by atoms with E-state index in [0.29, 0.717) is 18.6 Å². The zero-order valence-corrected chi connectivity index (χ0v) is 9.44. The van der Waals surface area contributed by atoms with E-state index in [4.69, 9.17) is 5.73 Å². The van der Waals surface area contributed by atoms with E-state index >= 15 is 0 Å². The first-order chi connectivity index (χ1) is 6.02. The normalized spacial score (nSPS) is 14.4. The SMILES string of the molecule is CCCC(N)CCS(=O)(=O)CCC. The van der Waals surface area contributed by atoms with Gasteiger partial charge in [0.05, 0.1) is 5.75 Å². The molecule has 13 heavy (non-hydrogen) atoms. The lowest BCUT2D eigenvalue weighted by atomic mass is 10.1. The molecular formula is C9H21NO2S. The monoisotopic (exact) mass is 207 g/mol. The molecule has 80 valence electrons. The molecule has 0 heterocycles. The van der Waals surface area contributed by atoms with Crippen molar-refractivity contribution in [1.82, 2.24) is 0 Å². The molecule has 0 aromatic heterocycles. The average Bonchev–Trinajstić information content (AvgIpc) is 2.02. The van der Waals surface area contributed by atoms with Crippen LogP contribution < -0.4 is 5.73 Å². The second kappa shape index (κ2) is 6.38. The summed E-state index contributed by atoms with van der Waals surface area (Å²) in [6, 6.07) is 0.0524. The van der Waals surface area contributed by atoms with Crippen molar-refractivity contribution in [2.24, 2.45) is 5.73 Å². The first-order valence-corrected chi connectivity index (χ1v) is 6.80. The van der Waals surface area contributed by atoms with Crippen molar-refractivity contribution in [3.8, 4) is 0 Å². The molecule has 0 amide bonds.